The van der Waals surface area contributed by atoms with E-state index in [2.05, 4.69) is 22.3 Å². The maximum absolute atomic E-state index is 13.1. The topological polar surface area (TPSA) is 69.6 Å². The molecule has 2 aromatic carbocycles. The summed E-state index contributed by atoms with van der Waals surface area (Å²) in [7, 11) is 0. The average molecular weight is 366 g/mol. The third-order valence-corrected chi connectivity index (χ3v) is 5.44. The molecule has 27 heavy (non-hydrogen) atoms. The number of benzene rings is 2. The highest BCUT2D eigenvalue weighted by atomic mass is 16.4. The van der Waals surface area contributed by atoms with E-state index in [4.69, 9.17) is 5.11 Å². The Morgan fingerprint density at radius 2 is 1.59 bits per heavy atom. The first kappa shape index (κ1) is 19.1. The van der Waals surface area contributed by atoms with Gasteiger partial charge in [0.05, 0.1) is 5.41 Å². The van der Waals surface area contributed by atoms with E-state index in [0.29, 0.717) is 12.8 Å². The normalized spacial score (nSPS) is 17.8. The molecule has 0 spiro atoms. The number of carbonyl (C=O) groups excluding carboxylic acids is 1. The molecule has 1 aliphatic heterocycles. The van der Waals surface area contributed by atoms with Gasteiger partial charge in [0.2, 0.25) is 5.91 Å². The zero-order valence-corrected chi connectivity index (χ0v) is 15.6. The molecule has 0 unspecified atom stereocenters. The van der Waals surface area contributed by atoms with Crippen LogP contribution in [0.25, 0.3) is 0 Å². The van der Waals surface area contributed by atoms with Gasteiger partial charge in [-0.15, -0.1) is 0 Å². The number of amides is 1. The van der Waals surface area contributed by atoms with Gasteiger partial charge in [-0.3, -0.25) is 14.5 Å². The Kier molecular flexibility index (Phi) is 5.91. The minimum Gasteiger partial charge on any atom is -0.480 e. The van der Waals surface area contributed by atoms with Gasteiger partial charge in [-0.05, 0) is 44.0 Å². The highest BCUT2D eigenvalue weighted by Crippen LogP contribution is 2.36. The summed E-state index contributed by atoms with van der Waals surface area (Å²) in [4.78, 5) is 26.6. The smallest absolute Gasteiger partial charge is 0.325 e. The van der Waals surface area contributed by atoms with Crippen LogP contribution < -0.4 is 5.32 Å². The Morgan fingerprint density at radius 3 is 2.15 bits per heavy atom. The Labute approximate surface area is 160 Å². The fourth-order valence-corrected chi connectivity index (χ4v) is 3.74. The average Bonchev–Trinajstić information content (AvgIpc) is 2.70. The number of nitrogens with one attached hydrogen (secondary N) is 1. The van der Waals surface area contributed by atoms with E-state index >= 15 is 0 Å². The Balaban J connectivity index is 1.77. The van der Waals surface area contributed by atoms with Crippen molar-refractivity contribution in [3.05, 3.63) is 71.8 Å². The number of carboxylic acid groups (broad SMARTS) is 1. The van der Waals surface area contributed by atoms with Crippen molar-refractivity contribution in [1.29, 1.82) is 0 Å². The van der Waals surface area contributed by atoms with Gasteiger partial charge in [0.1, 0.15) is 6.04 Å². The van der Waals surface area contributed by atoms with Crippen molar-refractivity contribution in [3.8, 4) is 0 Å². The lowest BCUT2D eigenvalue weighted by atomic mass is 9.71. The van der Waals surface area contributed by atoms with Crippen molar-refractivity contribution in [2.45, 2.75) is 37.8 Å². The van der Waals surface area contributed by atoms with Gasteiger partial charge in [0, 0.05) is 6.54 Å². The van der Waals surface area contributed by atoms with E-state index in [1.807, 2.05) is 48.5 Å². The zero-order chi connectivity index (χ0) is 19.3. The number of rotatable bonds is 6. The van der Waals surface area contributed by atoms with E-state index in [1.165, 1.54) is 12.5 Å². The van der Waals surface area contributed by atoms with E-state index in [0.717, 1.165) is 25.2 Å². The first-order valence-electron chi connectivity index (χ1n) is 9.37. The number of nitrogens with zero attached hydrogens (tertiary/aromatic N) is 1. The second-order valence-corrected chi connectivity index (χ2v) is 7.24. The van der Waals surface area contributed by atoms with Gasteiger partial charge in [-0.25, -0.2) is 0 Å². The SMILES string of the molecule is C[C@H](NC(=O)C1(c2ccccc2)CCN(Cc2ccccc2)CC1)C(=O)O. The summed E-state index contributed by atoms with van der Waals surface area (Å²) in [5, 5.41) is 11.9. The zero-order valence-electron chi connectivity index (χ0n) is 15.6. The molecule has 1 heterocycles. The molecular weight excluding hydrogens is 340 g/mol. The molecule has 1 fully saturated rings. The van der Waals surface area contributed by atoms with Crippen LogP contribution in [0.15, 0.2) is 60.7 Å². The number of aliphatic carboxylic acids is 1. The molecule has 1 aliphatic rings. The molecule has 1 saturated heterocycles. The molecule has 142 valence electrons. The van der Waals surface area contributed by atoms with Crippen LogP contribution in [0, 0.1) is 0 Å². The molecule has 5 heteroatoms. The number of carboxylic acids is 1. The minimum absolute atomic E-state index is 0.192. The highest BCUT2D eigenvalue weighted by Gasteiger charge is 2.43. The second-order valence-electron chi connectivity index (χ2n) is 7.24. The third kappa shape index (κ3) is 4.37. The minimum atomic E-state index is -1.02. The molecule has 2 aromatic rings. The van der Waals surface area contributed by atoms with Gasteiger partial charge in [0.15, 0.2) is 0 Å². The fraction of sp³-hybridized carbons (Fsp3) is 0.364. The molecule has 1 atom stereocenters. The molecule has 0 aliphatic carbocycles. The summed E-state index contributed by atoms with van der Waals surface area (Å²) in [6.45, 7) is 3.94. The molecular formula is C22H26N2O3. The van der Waals surface area contributed by atoms with E-state index in [9.17, 15) is 9.59 Å². The van der Waals surface area contributed by atoms with E-state index in [1.54, 1.807) is 0 Å². The van der Waals surface area contributed by atoms with Crippen LogP contribution in [0.2, 0.25) is 0 Å². The van der Waals surface area contributed by atoms with Crippen LogP contribution in [0.3, 0.4) is 0 Å². The summed E-state index contributed by atoms with van der Waals surface area (Å²) in [6.07, 6.45) is 1.34. The van der Waals surface area contributed by atoms with Crippen molar-refractivity contribution < 1.29 is 14.7 Å². The summed E-state index contributed by atoms with van der Waals surface area (Å²) >= 11 is 0. The van der Waals surface area contributed by atoms with Crippen molar-refractivity contribution >= 4 is 11.9 Å². The van der Waals surface area contributed by atoms with Gasteiger partial charge in [0.25, 0.3) is 0 Å². The first-order valence-corrected chi connectivity index (χ1v) is 9.37. The fourth-order valence-electron chi connectivity index (χ4n) is 3.74. The summed E-state index contributed by atoms with van der Waals surface area (Å²) in [6, 6.07) is 19.1. The van der Waals surface area contributed by atoms with Crippen molar-refractivity contribution in [1.82, 2.24) is 10.2 Å². The quantitative estimate of drug-likeness (QED) is 0.825. The van der Waals surface area contributed by atoms with E-state index < -0.39 is 17.4 Å². The van der Waals surface area contributed by atoms with Gasteiger partial charge < -0.3 is 10.4 Å². The Morgan fingerprint density at radius 1 is 1.04 bits per heavy atom. The number of hydrogen-bond acceptors (Lipinski definition) is 3. The number of piperidine rings is 1. The predicted molar refractivity (Wildman–Crippen MR) is 104 cm³/mol. The van der Waals surface area contributed by atoms with Crippen LogP contribution in [-0.2, 0) is 21.5 Å². The maximum atomic E-state index is 13.1. The maximum Gasteiger partial charge on any atom is 0.325 e. The van der Waals surface area contributed by atoms with Crippen LogP contribution in [-0.4, -0.2) is 41.0 Å². The highest BCUT2D eigenvalue weighted by molar-refractivity contribution is 5.91. The van der Waals surface area contributed by atoms with Crippen LogP contribution >= 0.6 is 0 Å². The first-order chi connectivity index (χ1) is 13.0. The molecule has 0 radical (unpaired) electrons. The van der Waals surface area contributed by atoms with Crippen molar-refractivity contribution in [3.63, 3.8) is 0 Å². The molecule has 2 N–H and O–H groups in total. The summed E-state index contributed by atoms with van der Waals surface area (Å²) in [5.74, 6) is -1.21. The van der Waals surface area contributed by atoms with Crippen LogP contribution in [0.4, 0.5) is 0 Å². The Bertz CT molecular complexity index is 769. The molecule has 1 amide bonds. The molecule has 0 aromatic heterocycles. The molecule has 0 saturated carbocycles. The molecule has 3 rings (SSSR count). The standard InChI is InChI=1S/C22H26N2O3/c1-17(20(25)26)23-21(27)22(19-10-6-3-7-11-19)12-14-24(15-13-22)16-18-8-4-2-5-9-18/h2-11,17H,12-16H2,1H3,(H,23,27)(H,25,26)/t17-/m0/s1. The van der Waals surface area contributed by atoms with E-state index in [-0.39, 0.29) is 5.91 Å². The third-order valence-electron chi connectivity index (χ3n) is 5.44. The van der Waals surface area contributed by atoms with Crippen LogP contribution in [0.1, 0.15) is 30.9 Å². The molecule has 0 bridgehead atoms. The van der Waals surface area contributed by atoms with Crippen LogP contribution in [0.5, 0.6) is 0 Å². The molecule has 5 nitrogen and oxygen atoms in total. The number of likely N-dealkylation sites (tertiary alicyclic amines) is 1. The monoisotopic (exact) mass is 366 g/mol. The second kappa shape index (κ2) is 8.35. The predicted octanol–water partition coefficient (Wildman–Crippen LogP) is 2.81. The largest absolute Gasteiger partial charge is 0.480 e. The lowest BCUT2D eigenvalue weighted by Crippen LogP contribution is -2.54. The summed E-state index contributed by atoms with van der Waals surface area (Å²) in [5.41, 5.74) is 1.53. The lowest BCUT2D eigenvalue weighted by molar-refractivity contribution is -0.142. The number of carbonyl (C=O) groups is 2. The Hall–Kier alpha value is -2.66. The van der Waals surface area contributed by atoms with Gasteiger partial charge >= 0.3 is 5.97 Å². The lowest BCUT2D eigenvalue weighted by Gasteiger charge is -2.41. The van der Waals surface area contributed by atoms with Gasteiger partial charge in [-0.2, -0.15) is 0 Å². The van der Waals surface area contributed by atoms with Crippen molar-refractivity contribution in [2.24, 2.45) is 0 Å². The van der Waals surface area contributed by atoms with Gasteiger partial charge in [-0.1, -0.05) is 60.7 Å². The summed E-state index contributed by atoms with van der Waals surface area (Å²) < 4.78 is 0. The number of hydrogen-bond donors (Lipinski definition) is 2. The van der Waals surface area contributed by atoms with Crippen molar-refractivity contribution in [2.75, 3.05) is 13.1 Å².